The molecular weight excluding hydrogens is 254 g/mol. The second-order valence-corrected chi connectivity index (χ2v) is 4.86. The molecule has 2 atom stereocenters. The maximum Gasteiger partial charge on any atom is 0.438 e. The molecule has 5 heteroatoms. The Morgan fingerprint density at radius 3 is 2.70 bits per heavy atom. The lowest BCUT2D eigenvalue weighted by molar-refractivity contribution is 0.374. The fourth-order valence-electron chi connectivity index (χ4n) is 2.46. The average Bonchev–Trinajstić information content (AvgIpc) is 2.91. The molecule has 0 aliphatic carbocycles. The van der Waals surface area contributed by atoms with E-state index in [0.717, 1.165) is 16.3 Å². The Balaban J connectivity index is 2.04. The molecule has 0 amide bonds. The van der Waals surface area contributed by atoms with Crippen molar-refractivity contribution < 1.29 is 4.52 Å². The molecule has 0 aliphatic rings. The standard InChI is InChI=1S/C15H15N3O2/c1-9(13(16)14-17-15(19)20-18-14)11-8-4-6-10-5-2-3-7-12(10)11/h2-9,13H,16H2,1H3,(H,17,18,19)/t9-,13+/m1/s1. The molecule has 5 nitrogen and oxygen atoms in total. The highest BCUT2D eigenvalue weighted by molar-refractivity contribution is 5.86. The van der Waals surface area contributed by atoms with Gasteiger partial charge in [0.2, 0.25) is 0 Å². The SMILES string of the molecule is C[C@H](c1cccc2ccccc12)[C@H](N)c1noc(=O)[nH]1. The number of fused-ring (bicyclic) bond motifs is 1. The van der Waals surface area contributed by atoms with E-state index in [2.05, 4.69) is 32.9 Å². The first-order valence-corrected chi connectivity index (χ1v) is 6.46. The third-order valence-corrected chi connectivity index (χ3v) is 3.63. The molecule has 0 saturated heterocycles. The predicted molar refractivity (Wildman–Crippen MR) is 76.4 cm³/mol. The van der Waals surface area contributed by atoms with E-state index in [9.17, 15) is 4.79 Å². The summed E-state index contributed by atoms with van der Waals surface area (Å²) < 4.78 is 4.52. The van der Waals surface area contributed by atoms with Crippen molar-refractivity contribution in [2.75, 3.05) is 0 Å². The Morgan fingerprint density at radius 1 is 1.20 bits per heavy atom. The summed E-state index contributed by atoms with van der Waals surface area (Å²) in [6, 6.07) is 13.8. The quantitative estimate of drug-likeness (QED) is 0.764. The number of nitrogens with zero attached hydrogens (tertiary/aromatic N) is 1. The van der Waals surface area contributed by atoms with Crippen molar-refractivity contribution in [1.82, 2.24) is 10.1 Å². The largest absolute Gasteiger partial charge is 0.438 e. The van der Waals surface area contributed by atoms with Gasteiger partial charge in [0.1, 0.15) is 0 Å². The monoisotopic (exact) mass is 269 g/mol. The van der Waals surface area contributed by atoms with Crippen molar-refractivity contribution >= 4 is 10.8 Å². The molecule has 3 aromatic rings. The number of hydrogen-bond acceptors (Lipinski definition) is 4. The minimum Gasteiger partial charge on any atom is -0.321 e. The second-order valence-electron chi connectivity index (χ2n) is 4.86. The fourth-order valence-corrected chi connectivity index (χ4v) is 2.46. The third kappa shape index (κ3) is 2.12. The maximum absolute atomic E-state index is 11.0. The molecule has 0 bridgehead atoms. The minimum atomic E-state index is -0.583. The van der Waals surface area contributed by atoms with E-state index in [1.165, 1.54) is 0 Å². The molecule has 3 N–H and O–H groups in total. The first-order chi connectivity index (χ1) is 9.66. The van der Waals surface area contributed by atoms with Crippen LogP contribution in [0.1, 0.15) is 30.3 Å². The topological polar surface area (TPSA) is 84.9 Å². The van der Waals surface area contributed by atoms with Gasteiger partial charge in [-0.05, 0) is 16.3 Å². The van der Waals surface area contributed by atoms with Gasteiger partial charge in [0.15, 0.2) is 5.82 Å². The average molecular weight is 269 g/mol. The summed E-state index contributed by atoms with van der Waals surface area (Å²) in [7, 11) is 0. The zero-order chi connectivity index (χ0) is 14.1. The zero-order valence-electron chi connectivity index (χ0n) is 11.0. The van der Waals surface area contributed by atoms with Crippen molar-refractivity contribution in [3.63, 3.8) is 0 Å². The highest BCUT2D eigenvalue weighted by Gasteiger charge is 2.22. The van der Waals surface area contributed by atoms with E-state index in [1.807, 2.05) is 31.2 Å². The predicted octanol–water partition coefficient (Wildman–Crippen LogP) is 2.32. The summed E-state index contributed by atoms with van der Waals surface area (Å²) in [6.07, 6.45) is 0. The van der Waals surface area contributed by atoms with Crippen LogP contribution in [0.2, 0.25) is 0 Å². The summed E-state index contributed by atoms with van der Waals surface area (Å²) in [6.45, 7) is 2.01. The smallest absolute Gasteiger partial charge is 0.321 e. The van der Waals surface area contributed by atoms with Gasteiger partial charge < -0.3 is 5.73 Å². The Labute approximate surface area is 115 Å². The summed E-state index contributed by atoms with van der Waals surface area (Å²) in [5, 5.41) is 6.00. The molecular formula is C15H15N3O2. The van der Waals surface area contributed by atoms with Crippen LogP contribution in [-0.2, 0) is 0 Å². The van der Waals surface area contributed by atoms with Gasteiger partial charge in [0.05, 0.1) is 6.04 Å². The number of benzene rings is 2. The van der Waals surface area contributed by atoms with Crippen LogP contribution in [0.25, 0.3) is 10.8 Å². The van der Waals surface area contributed by atoms with Crippen LogP contribution in [0.5, 0.6) is 0 Å². The summed E-state index contributed by atoms with van der Waals surface area (Å²) in [5.41, 5.74) is 7.31. The van der Waals surface area contributed by atoms with Crippen LogP contribution in [0.15, 0.2) is 51.8 Å². The van der Waals surface area contributed by atoms with Crippen LogP contribution >= 0.6 is 0 Å². The van der Waals surface area contributed by atoms with Gasteiger partial charge in [-0.15, -0.1) is 0 Å². The number of rotatable bonds is 3. The van der Waals surface area contributed by atoms with Gasteiger partial charge in [-0.2, -0.15) is 0 Å². The number of aromatic amines is 1. The fraction of sp³-hybridized carbons (Fsp3) is 0.200. The number of nitrogens with one attached hydrogen (secondary N) is 1. The molecule has 0 unspecified atom stereocenters. The minimum absolute atomic E-state index is 0.00171. The maximum atomic E-state index is 11.0. The summed E-state index contributed by atoms with van der Waals surface area (Å²) in [4.78, 5) is 13.5. The lowest BCUT2D eigenvalue weighted by Gasteiger charge is -2.19. The van der Waals surface area contributed by atoms with E-state index in [4.69, 9.17) is 5.73 Å². The van der Waals surface area contributed by atoms with Crippen LogP contribution in [-0.4, -0.2) is 10.1 Å². The van der Waals surface area contributed by atoms with E-state index >= 15 is 0 Å². The van der Waals surface area contributed by atoms with Gasteiger partial charge in [0.25, 0.3) is 0 Å². The van der Waals surface area contributed by atoms with Gasteiger partial charge in [0, 0.05) is 5.92 Å². The normalized spacial score (nSPS) is 14.3. The molecule has 0 saturated carbocycles. The second kappa shape index (κ2) is 4.94. The Hall–Kier alpha value is -2.40. The molecule has 0 radical (unpaired) electrons. The lowest BCUT2D eigenvalue weighted by Crippen LogP contribution is -2.20. The van der Waals surface area contributed by atoms with E-state index in [1.54, 1.807) is 0 Å². The van der Waals surface area contributed by atoms with E-state index in [-0.39, 0.29) is 5.92 Å². The number of hydrogen-bond donors (Lipinski definition) is 2. The van der Waals surface area contributed by atoms with Gasteiger partial charge in [-0.25, -0.2) is 4.79 Å². The first-order valence-electron chi connectivity index (χ1n) is 6.46. The molecule has 3 rings (SSSR count). The summed E-state index contributed by atoms with van der Waals surface area (Å²) >= 11 is 0. The molecule has 0 aliphatic heterocycles. The van der Waals surface area contributed by atoms with Crippen molar-refractivity contribution in [2.24, 2.45) is 5.73 Å². The zero-order valence-corrected chi connectivity index (χ0v) is 11.0. The molecule has 2 aromatic carbocycles. The Kier molecular flexibility index (Phi) is 3.12. The molecule has 1 aromatic heterocycles. The van der Waals surface area contributed by atoms with Gasteiger partial charge in [-0.3, -0.25) is 9.51 Å². The van der Waals surface area contributed by atoms with Gasteiger partial charge >= 0.3 is 5.76 Å². The van der Waals surface area contributed by atoms with Crippen molar-refractivity contribution in [1.29, 1.82) is 0 Å². The van der Waals surface area contributed by atoms with Crippen molar-refractivity contribution in [3.8, 4) is 0 Å². The van der Waals surface area contributed by atoms with Gasteiger partial charge in [-0.1, -0.05) is 54.5 Å². The molecule has 0 spiro atoms. The Morgan fingerprint density at radius 2 is 1.95 bits per heavy atom. The van der Waals surface area contributed by atoms with E-state index < -0.39 is 11.8 Å². The van der Waals surface area contributed by atoms with Crippen LogP contribution in [0.3, 0.4) is 0 Å². The van der Waals surface area contributed by atoms with Crippen LogP contribution in [0.4, 0.5) is 0 Å². The molecule has 20 heavy (non-hydrogen) atoms. The number of nitrogens with two attached hydrogens (primary N) is 1. The van der Waals surface area contributed by atoms with Crippen molar-refractivity contribution in [2.45, 2.75) is 18.9 Å². The molecule has 1 heterocycles. The van der Waals surface area contributed by atoms with Crippen molar-refractivity contribution in [3.05, 3.63) is 64.4 Å². The Bertz CT molecular complexity index is 785. The van der Waals surface area contributed by atoms with E-state index in [0.29, 0.717) is 5.82 Å². The molecule has 102 valence electrons. The number of H-pyrrole nitrogens is 1. The number of aromatic nitrogens is 2. The van der Waals surface area contributed by atoms with Crippen LogP contribution < -0.4 is 11.5 Å². The lowest BCUT2D eigenvalue weighted by atomic mass is 9.89. The summed E-state index contributed by atoms with van der Waals surface area (Å²) in [5.74, 6) is -0.210. The third-order valence-electron chi connectivity index (χ3n) is 3.63. The molecule has 0 fully saturated rings. The highest BCUT2D eigenvalue weighted by Crippen LogP contribution is 2.31. The first kappa shape index (κ1) is 12.6. The highest BCUT2D eigenvalue weighted by atomic mass is 16.5. The van der Waals surface area contributed by atoms with Crippen LogP contribution in [0, 0.1) is 0 Å².